The molecule has 0 radical (unpaired) electrons. The summed E-state index contributed by atoms with van der Waals surface area (Å²) in [6, 6.07) is 46.1. The molecule has 5 aromatic carbocycles. The van der Waals surface area contributed by atoms with Crippen LogP contribution in [0.5, 0.6) is 23.0 Å². The van der Waals surface area contributed by atoms with E-state index in [-0.39, 0.29) is 44.2 Å². The lowest BCUT2D eigenvalue weighted by Gasteiger charge is -2.15. The molecule has 0 atom stereocenters. The Labute approximate surface area is 534 Å². The second kappa shape index (κ2) is 31.5. The Hall–Kier alpha value is -9.47. The number of pyridine rings is 4. The molecular formula is C73H75N5O14+4. The van der Waals surface area contributed by atoms with Crippen molar-refractivity contribution in [3.05, 3.63) is 228 Å². The van der Waals surface area contributed by atoms with Crippen molar-refractivity contribution in [2.75, 3.05) is 112 Å². The second-order valence-corrected chi connectivity index (χ2v) is 22.3. The number of benzene rings is 5. The van der Waals surface area contributed by atoms with Crippen molar-refractivity contribution in [2.24, 2.45) is 0 Å². The third-order valence-electron chi connectivity index (χ3n) is 15.9. The van der Waals surface area contributed by atoms with Crippen LogP contribution in [0.1, 0.15) is 48.5 Å². The van der Waals surface area contributed by atoms with Crippen LogP contribution in [0, 0.1) is 0 Å². The van der Waals surface area contributed by atoms with Crippen LogP contribution in [0.3, 0.4) is 0 Å². The molecule has 18 aliphatic rings. The van der Waals surface area contributed by atoms with Gasteiger partial charge in [0.2, 0.25) is 0 Å². The van der Waals surface area contributed by atoms with Gasteiger partial charge in [0.15, 0.2) is 75.8 Å². The van der Waals surface area contributed by atoms with Gasteiger partial charge in [-0.25, -0.2) is 18.3 Å². The smallest absolute Gasteiger partial charge is 0.326 e. The van der Waals surface area contributed by atoms with Crippen LogP contribution in [0.15, 0.2) is 189 Å². The fourth-order valence-electron chi connectivity index (χ4n) is 11.2. The minimum Gasteiger partial charge on any atom is -0.491 e. The fourth-order valence-corrected chi connectivity index (χ4v) is 11.2. The average molecular weight is 1250 g/mol. The maximum Gasteiger partial charge on any atom is 0.326 e. The number of carbonyl (C=O) groups is 3. The third kappa shape index (κ3) is 16.7. The maximum absolute atomic E-state index is 14.7. The van der Waals surface area contributed by atoms with Gasteiger partial charge in [-0.05, 0) is 52.1 Å². The highest BCUT2D eigenvalue weighted by Crippen LogP contribution is 2.33. The number of hydrogen-bond donors (Lipinski definition) is 0. The lowest BCUT2D eigenvalue weighted by Crippen LogP contribution is -2.37. The van der Waals surface area contributed by atoms with Crippen LogP contribution < -0.4 is 37.2 Å². The highest BCUT2D eigenvalue weighted by Gasteiger charge is 2.42. The molecule has 0 saturated heterocycles. The molecule has 18 aliphatic heterocycles. The summed E-state index contributed by atoms with van der Waals surface area (Å²) >= 11 is 0. The van der Waals surface area contributed by atoms with E-state index in [1.165, 1.54) is 11.1 Å². The van der Waals surface area contributed by atoms with Crippen molar-refractivity contribution in [1.29, 1.82) is 0 Å². The number of ether oxygens (including phenoxy) is 11. The predicted octanol–water partition coefficient (Wildman–Crippen LogP) is 7.50. The molecule has 0 saturated carbocycles. The highest BCUT2D eigenvalue weighted by atomic mass is 16.6. The van der Waals surface area contributed by atoms with E-state index < -0.39 is 24.3 Å². The lowest BCUT2D eigenvalue weighted by atomic mass is 9.97. The minimum atomic E-state index is -0.772. The first-order chi connectivity index (χ1) is 45.3. The third-order valence-corrected chi connectivity index (χ3v) is 15.9. The van der Waals surface area contributed by atoms with Crippen LogP contribution in [-0.2, 0) is 70.7 Å². The molecule has 0 spiro atoms. The molecule has 4 aromatic heterocycles. The van der Waals surface area contributed by atoms with E-state index in [0.29, 0.717) is 121 Å². The van der Waals surface area contributed by atoms with Crippen molar-refractivity contribution >= 4 is 28.6 Å². The Bertz CT molecular complexity index is 3700. The molecule has 0 N–H and O–H groups in total. The van der Waals surface area contributed by atoms with Crippen LogP contribution in [-0.4, -0.2) is 135 Å². The summed E-state index contributed by atoms with van der Waals surface area (Å²) in [5, 5.41) is 1.90. The van der Waals surface area contributed by atoms with Gasteiger partial charge in [-0.15, -0.1) is 0 Å². The number of carbonyl (C=O) groups excluding carboxylic acids is 3. The number of hydrogen-bond acceptors (Lipinski definition) is 14. The lowest BCUT2D eigenvalue weighted by molar-refractivity contribution is -0.689. The Balaban J connectivity index is 0.691. The zero-order valence-corrected chi connectivity index (χ0v) is 51.4. The molecule has 19 nitrogen and oxygen atoms in total. The molecule has 0 aliphatic carbocycles. The first-order valence-corrected chi connectivity index (χ1v) is 31.2. The number of rotatable bonds is 4. The number of nitrogens with zero attached hydrogens (tertiary/aromatic N) is 5. The van der Waals surface area contributed by atoms with Crippen molar-refractivity contribution in [1.82, 2.24) is 4.90 Å². The molecule has 0 unspecified atom stereocenters. The zero-order valence-electron chi connectivity index (χ0n) is 51.4. The molecular weight excluding hydrogens is 1170 g/mol. The summed E-state index contributed by atoms with van der Waals surface area (Å²) < 4.78 is 73.1. The summed E-state index contributed by atoms with van der Waals surface area (Å²) in [5.41, 5.74) is 8.95. The zero-order chi connectivity index (χ0) is 62.7. The predicted molar refractivity (Wildman–Crippen MR) is 336 cm³/mol. The van der Waals surface area contributed by atoms with Gasteiger partial charge in [0.05, 0.1) is 90.4 Å². The molecule has 22 heterocycles. The van der Waals surface area contributed by atoms with E-state index in [0.717, 1.165) is 62.5 Å². The van der Waals surface area contributed by atoms with Gasteiger partial charge in [-0.1, -0.05) is 60.7 Å². The molecule has 0 fully saturated rings. The van der Waals surface area contributed by atoms with E-state index in [4.69, 9.17) is 52.1 Å². The summed E-state index contributed by atoms with van der Waals surface area (Å²) in [6.07, 6.45) is 16.2. The molecule has 18 bridgehead atoms. The van der Waals surface area contributed by atoms with Crippen LogP contribution in [0.4, 0.5) is 0 Å². The summed E-state index contributed by atoms with van der Waals surface area (Å²) in [7, 11) is 0. The SMILES string of the molecule is O=C(CN1C(=O)c2c3ccc(c2C1=O)C[n+]1ccc(cc1)-c1cc[n+](cc1)Cc1ccc(cc1)C[n+]1ccc(cc1)-c1cc[n+](cc1)C3)OCc1cc2cc(c1)OCCOCCOCCOCCOc1cccc3c(cccc13)OCCOCCOCCOCCO2. The summed E-state index contributed by atoms with van der Waals surface area (Å²) in [6.45, 7) is 6.76. The topological polar surface area (TPSA) is 171 Å². The number of fused-ring (bicyclic) bond motifs is 2. The highest BCUT2D eigenvalue weighted by molar-refractivity contribution is 6.23. The van der Waals surface area contributed by atoms with Gasteiger partial charge in [-0.3, -0.25) is 19.3 Å². The molecule has 2 amide bonds. The molecule has 9 aromatic rings. The minimum absolute atomic E-state index is 0.204. The van der Waals surface area contributed by atoms with Crippen molar-refractivity contribution < 1.29 is 84.8 Å². The van der Waals surface area contributed by atoms with E-state index in [1.54, 1.807) is 18.2 Å². The number of amides is 2. The van der Waals surface area contributed by atoms with Crippen molar-refractivity contribution in [3.63, 3.8) is 0 Å². The molecule has 27 rings (SSSR count). The van der Waals surface area contributed by atoms with Crippen molar-refractivity contribution in [3.8, 4) is 45.3 Å². The standard InChI is InChI=1S/C73H75N5O14/c79-69(92-53-56-45-63-47-64(46-56)89-42-38-85-34-30-83-32-36-87-40-44-91-68-6-2-4-66-65(68)3-1-5-67(66)90-43-39-86-35-31-82-29-33-84-37-41-88-63)52-78-72(80)70-61-11-12-62(71(70)73(78)81)51-77-27-19-60(20-28-77)58-15-23-75(24-16-58)49-55-8-7-54(9-10-55)48-74-21-13-57(14-22-74)59-17-25-76(50-61)26-18-59/h1-28,45-47H,29-44,48-53H2/q+4. The largest absolute Gasteiger partial charge is 0.491 e. The van der Waals surface area contributed by atoms with E-state index in [2.05, 4.69) is 82.5 Å². The van der Waals surface area contributed by atoms with Crippen LogP contribution >= 0.6 is 0 Å². The average Bonchev–Trinajstić information content (AvgIpc) is 1.63. The van der Waals surface area contributed by atoms with Crippen LogP contribution in [0.25, 0.3) is 33.0 Å². The second-order valence-electron chi connectivity index (χ2n) is 22.3. The Morgan fingerprint density at radius 1 is 0.380 bits per heavy atom. The van der Waals surface area contributed by atoms with E-state index in [9.17, 15) is 14.4 Å². The normalized spacial score (nSPS) is 16.1. The van der Waals surface area contributed by atoms with Gasteiger partial charge in [0, 0.05) is 87.6 Å². The number of aromatic nitrogens is 4. The van der Waals surface area contributed by atoms with Crippen molar-refractivity contribution in [2.45, 2.75) is 32.8 Å². The van der Waals surface area contributed by atoms with Gasteiger partial charge >= 0.3 is 5.97 Å². The van der Waals surface area contributed by atoms with Gasteiger partial charge in [0.1, 0.15) is 62.6 Å². The van der Waals surface area contributed by atoms with Gasteiger partial charge < -0.3 is 52.1 Å². The van der Waals surface area contributed by atoms with E-state index in [1.807, 2.05) is 107 Å². The fraction of sp³-hybridized carbons (Fsp3) is 0.301. The van der Waals surface area contributed by atoms with Gasteiger partial charge in [0.25, 0.3) is 11.8 Å². The maximum atomic E-state index is 14.7. The Morgan fingerprint density at radius 3 is 1.09 bits per heavy atom. The number of esters is 1. The molecule has 472 valence electrons. The van der Waals surface area contributed by atoms with E-state index >= 15 is 0 Å². The van der Waals surface area contributed by atoms with Crippen LogP contribution in [0.2, 0.25) is 0 Å². The number of imide groups is 1. The summed E-state index contributed by atoms with van der Waals surface area (Å²) in [4.78, 5) is 44.3. The molecule has 92 heavy (non-hydrogen) atoms. The Morgan fingerprint density at radius 2 is 0.717 bits per heavy atom. The Kier molecular flexibility index (Phi) is 21.5. The molecule has 19 heteroatoms. The van der Waals surface area contributed by atoms with Gasteiger partial charge in [-0.2, -0.15) is 0 Å². The summed E-state index contributed by atoms with van der Waals surface area (Å²) in [5.74, 6) is 0.489. The quantitative estimate of drug-likeness (QED) is 0.0964. The first kappa shape index (κ1) is 62.7. The monoisotopic (exact) mass is 1250 g/mol. The first-order valence-electron chi connectivity index (χ1n) is 31.2.